The molecule has 0 saturated carbocycles. The smallest absolute Gasteiger partial charge is 0.257 e. The van der Waals surface area contributed by atoms with Gasteiger partial charge >= 0.3 is 0 Å². The first-order valence-electron chi connectivity index (χ1n) is 10.2. The molecule has 1 fully saturated rings. The van der Waals surface area contributed by atoms with E-state index >= 15 is 0 Å². The second-order valence-electron chi connectivity index (χ2n) is 8.16. The van der Waals surface area contributed by atoms with E-state index in [0.29, 0.717) is 30.7 Å². The summed E-state index contributed by atoms with van der Waals surface area (Å²) in [7, 11) is 0. The van der Waals surface area contributed by atoms with Gasteiger partial charge in [-0.1, -0.05) is 49.7 Å². The van der Waals surface area contributed by atoms with Gasteiger partial charge in [-0.15, -0.1) is 0 Å². The zero-order chi connectivity index (χ0) is 20.9. The van der Waals surface area contributed by atoms with Crippen molar-refractivity contribution in [2.45, 2.75) is 44.9 Å². The molecule has 5 heteroatoms. The summed E-state index contributed by atoms with van der Waals surface area (Å²) in [4.78, 5) is 12.6. The average Bonchev–Trinajstić information content (AvgIpc) is 2.71. The summed E-state index contributed by atoms with van der Waals surface area (Å²) < 4.78 is 11.4. The van der Waals surface area contributed by atoms with Gasteiger partial charge in [0.25, 0.3) is 5.91 Å². The molecule has 1 heterocycles. The van der Waals surface area contributed by atoms with Crippen molar-refractivity contribution < 1.29 is 14.3 Å². The van der Waals surface area contributed by atoms with Crippen LogP contribution >= 0.6 is 11.6 Å². The zero-order valence-corrected chi connectivity index (χ0v) is 18.2. The van der Waals surface area contributed by atoms with Crippen molar-refractivity contribution in [1.82, 2.24) is 5.32 Å². The molecule has 1 aliphatic rings. The second kappa shape index (κ2) is 9.64. The van der Waals surface area contributed by atoms with E-state index in [-0.39, 0.29) is 17.9 Å². The fraction of sp³-hybridized carbons (Fsp3) is 0.458. The first kappa shape index (κ1) is 21.7. The molecule has 2 aromatic rings. The Hall–Kier alpha value is -2.04. The molecule has 0 aliphatic carbocycles. The van der Waals surface area contributed by atoms with Gasteiger partial charge in [0.05, 0.1) is 0 Å². The van der Waals surface area contributed by atoms with E-state index in [1.54, 1.807) is 0 Å². The molecular weight excluding hydrogens is 386 g/mol. The van der Waals surface area contributed by atoms with E-state index in [1.807, 2.05) is 31.2 Å². The van der Waals surface area contributed by atoms with Crippen LogP contribution in [0.25, 0.3) is 0 Å². The number of aryl methyl sites for hydroxylation is 1. The van der Waals surface area contributed by atoms with Gasteiger partial charge in [-0.3, -0.25) is 4.79 Å². The maximum atomic E-state index is 12.6. The van der Waals surface area contributed by atoms with Crippen LogP contribution in [0.2, 0.25) is 5.02 Å². The number of amides is 1. The first-order chi connectivity index (χ1) is 13.9. The maximum absolute atomic E-state index is 12.6. The van der Waals surface area contributed by atoms with E-state index in [0.717, 1.165) is 35.3 Å². The lowest BCUT2D eigenvalue weighted by molar-refractivity contribution is -0.123. The number of rotatable bonds is 7. The van der Waals surface area contributed by atoms with E-state index in [9.17, 15) is 4.79 Å². The van der Waals surface area contributed by atoms with Crippen molar-refractivity contribution in [3.05, 3.63) is 64.2 Å². The number of benzene rings is 2. The topological polar surface area (TPSA) is 47.6 Å². The molecule has 29 heavy (non-hydrogen) atoms. The third-order valence-corrected chi connectivity index (χ3v) is 5.90. The van der Waals surface area contributed by atoms with Crippen LogP contribution < -0.4 is 10.1 Å². The highest BCUT2D eigenvalue weighted by Gasteiger charge is 2.35. The summed E-state index contributed by atoms with van der Waals surface area (Å²) in [5.74, 6) is 1.00. The Morgan fingerprint density at radius 3 is 2.66 bits per heavy atom. The van der Waals surface area contributed by atoms with Gasteiger partial charge in [-0.2, -0.15) is 0 Å². The standard InChI is InChI=1S/C24H30ClNO3/c1-17(2)21-8-7-18(3)13-22(21)29-15-23(27)26-16-24(9-11-28-12-10-24)19-5-4-6-20(25)14-19/h4-8,13-14,17H,9-12,15-16H2,1-3H3,(H,26,27). The number of carbonyl (C=O) groups excluding carboxylic acids is 1. The number of hydrogen-bond acceptors (Lipinski definition) is 3. The molecule has 0 aromatic heterocycles. The zero-order valence-electron chi connectivity index (χ0n) is 17.5. The number of nitrogens with one attached hydrogen (secondary N) is 1. The third-order valence-electron chi connectivity index (χ3n) is 5.66. The summed E-state index contributed by atoms with van der Waals surface area (Å²) in [6, 6.07) is 14.1. The minimum Gasteiger partial charge on any atom is -0.483 e. The Morgan fingerprint density at radius 2 is 1.97 bits per heavy atom. The SMILES string of the molecule is Cc1ccc(C(C)C)c(OCC(=O)NCC2(c3cccc(Cl)c3)CCOCC2)c1. The number of hydrogen-bond donors (Lipinski definition) is 1. The fourth-order valence-corrected chi connectivity index (χ4v) is 4.04. The van der Waals surface area contributed by atoms with Gasteiger partial charge in [0.15, 0.2) is 6.61 Å². The largest absolute Gasteiger partial charge is 0.483 e. The number of carbonyl (C=O) groups is 1. The van der Waals surface area contributed by atoms with Crippen LogP contribution in [0.1, 0.15) is 49.3 Å². The summed E-state index contributed by atoms with van der Waals surface area (Å²) in [5.41, 5.74) is 3.22. The van der Waals surface area contributed by atoms with Gasteiger partial charge < -0.3 is 14.8 Å². The van der Waals surface area contributed by atoms with Gasteiger partial charge in [0.2, 0.25) is 0 Å². The van der Waals surface area contributed by atoms with E-state index in [1.165, 1.54) is 0 Å². The summed E-state index contributed by atoms with van der Waals surface area (Å²) in [5, 5.41) is 3.79. The Bertz CT molecular complexity index is 844. The van der Waals surface area contributed by atoms with Gasteiger partial charge in [-0.05, 0) is 60.6 Å². The van der Waals surface area contributed by atoms with Crippen LogP contribution in [0.4, 0.5) is 0 Å². The molecule has 1 aliphatic heterocycles. The Kier molecular flexibility index (Phi) is 7.20. The van der Waals surface area contributed by atoms with Crippen LogP contribution in [0, 0.1) is 6.92 Å². The minimum atomic E-state index is -0.161. The quantitative estimate of drug-likeness (QED) is 0.691. The number of ether oxygens (including phenoxy) is 2. The molecule has 0 radical (unpaired) electrons. The molecule has 1 amide bonds. The summed E-state index contributed by atoms with van der Waals surface area (Å²) >= 11 is 6.22. The lowest BCUT2D eigenvalue weighted by atomic mass is 9.74. The van der Waals surface area contributed by atoms with Crippen LogP contribution in [0.15, 0.2) is 42.5 Å². The monoisotopic (exact) mass is 415 g/mol. The van der Waals surface area contributed by atoms with Crippen molar-refractivity contribution in [3.63, 3.8) is 0 Å². The molecule has 0 atom stereocenters. The van der Waals surface area contributed by atoms with Gasteiger partial charge in [0, 0.05) is 30.2 Å². The highest BCUT2D eigenvalue weighted by atomic mass is 35.5. The van der Waals surface area contributed by atoms with E-state index < -0.39 is 0 Å². The van der Waals surface area contributed by atoms with Crippen molar-refractivity contribution in [2.75, 3.05) is 26.4 Å². The highest BCUT2D eigenvalue weighted by molar-refractivity contribution is 6.30. The maximum Gasteiger partial charge on any atom is 0.257 e. The lowest BCUT2D eigenvalue weighted by Gasteiger charge is -2.38. The summed E-state index contributed by atoms with van der Waals surface area (Å²) in [6.07, 6.45) is 1.70. The van der Waals surface area contributed by atoms with Crippen molar-refractivity contribution in [2.24, 2.45) is 0 Å². The van der Waals surface area contributed by atoms with Crippen LogP contribution in [-0.4, -0.2) is 32.3 Å². The van der Waals surface area contributed by atoms with Crippen molar-refractivity contribution in [3.8, 4) is 5.75 Å². The van der Waals surface area contributed by atoms with Crippen molar-refractivity contribution >= 4 is 17.5 Å². The first-order valence-corrected chi connectivity index (χ1v) is 10.6. The average molecular weight is 416 g/mol. The molecule has 1 saturated heterocycles. The molecule has 1 N–H and O–H groups in total. The number of halogens is 1. The lowest BCUT2D eigenvalue weighted by Crippen LogP contribution is -2.45. The van der Waals surface area contributed by atoms with Crippen LogP contribution in [-0.2, 0) is 14.9 Å². The normalized spacial score (nSPS) is 15.9. The molecule has 0 unspecified atom stereocenters. The van der Waals surface area contributed by atoms with Crippen LogP contribution in [0.3, 0.4) is 0 Å². The predicted molar refractivity (Wildman–Crippen MR) is 117 cm³/mol. The molecule has 0 spiro atoms. The molecule has 2 aromatic carbocycles. The van der Waals surface area contributed by atoms with Gasteiger partial charge in [0.1, 0.15) is 5.75 Å². The molecule has 4 nitrogen and oxygen atoms in total. The minimum absolute atomic E-state index is 0.00526. The Labute approximate surface area is 178 Å². The molecule has 156 valence electrons. The third kappa shape index (κ3) is 5.52. The Balaban J connectivity index is 1.65. The molecule has 3 rings (SSSR count). The molecule has 0 bridgehead atoms. The van der Waals surface area contributed by atoms with Crippen LogP contribution in [0.5, 0.6) is 5.75 Å². The predicted octanol–water partition coefficient (Wildman–Crippen LogP) is 5.02. The summed E-state index contributed by atoms with van der Waals surface area (Å²) in [6.45, 7) is 8.18. The Morgan fingerprint density at radius 1 is 1.21 bits per heavy atom. The van der Waals surface area contributed by atoms with Gasteiger partial charge in [-0.25, -0.2) is 0 Å². The van der Waals surface area contributed by atoms with E-state index in [4.69, 9.17) is 21.1 Å². The fourth-order valence-electron chi connectivity index (χ4n) is 3.85. The van der Waals surface area contributed by atoms with Crippen molar-refractivity contribution in [1.29, 1.82) is 0 Å². The second-order valence-corrected chi connectivity index (χ2v) is 8.60. The highest BCUT2D eigenvalue weighted by Crippen LogP contribution is 2.35. The molecular formula is C24H30ClNO3. The van der Waals surface area contributed by atoms with E-state index in [2.05, 4.69) is 37.4 Å².